The molecular weight excluding hydrogens is 222 g/mol. The third-order valence-corrected chi connectivity index (χ3v) is 3.49. The highest BCUT2D eigenvalue weighted by Gasteiger charge is 2.18. The summed E-state index contributed by atoms with van der Waals surface area (Å²) >= 11 is 0. The Balaban J connectivity index is 2.45. The third kappa shape index (κ3) is 4.79. The van der Waals surface area contributed by atoms with Gasteiger partial charge in [0.2, 0.25) is 0 Å². The fraction of sp³-hybridized carbons (Fsp3) is 0.625. The Morgan fingerprint density at radius 1 is 1.06 bits per heavy atom. The van der Waals surface area contributed by atoms with Crippen LogP contribution in [0.2, 0.25) is 0 Å². The maximum Gasteiger partial charge on any atom is 0.0431 e. The number of hydrogen-bond donors (Lipinski definition) is 2. The molecule has 1 aromatic carbocycles. The normalized spacial score (nSPS) is 11.8. The molecule has 0 heterocycles. The molecule has 102 valence electrons. The Hall–Kier alpha value is -0.860. The summed E-state index contributed by atoms with van der Waals surface area (Å²) in [5.74, 6) is 0. The van der Waals surface area contributed by atoms with Crippen LogP contribution in [-0.2, 0) is 12.0 Å². The van der Waals surface area contributed by atoms with E-state index in [4.69, 9.17) is 5.11 Å². The minimum absolute atomic E-state index is 0.0193. The van der Waals surface area contributed by atoms with Crippen LogP contribution in [0, 0.1) is 0 Å². The van der Waals surface area contributed by atoms with Crippen molar-refractivity contribution in [3.63, 3.8) is 0 Å². The summed E-state index contributed by atoms with van der Waals surface area (Å²) < 4.78 is 0. The van der Waals surface area contributed by atoms with Gasteiger partial charge in [0.15, 0.2) is 0 Å². The van der Waals surface area contributed by atoms with E-state index < -0.39 is 0 Å². The van der Waals surface area contributed by atoms with E-state index in [-0.39, 0.29) is 5.54 Å². The number of benzene rings is 1. The van der Waals surface area contributed by atoms with Gasteiger partial charge in [0, 0.05) is 12.1 Å². The molecular formula is C16H27NO. The Kier molecular flexibility index (Phi) is 6.37. The first kappa shape index (κ1) is 15.2. The van der Waals surface area contributed by atoms with Crippen LogP contribution in [0.25, 0.3) is 0 Å². The van der Waals surface area contributed by atoms with E-state index in [1.54, 1.807) is 0 Å². The number of rotatable bonds is 8. The summed E-state index contributed by atoms with van der Waals surface area (Å²) in [5, 5.41) is 12.3. The minimum Gasteiger partial charge on any atom is -0.396 e. The second-order valence-corrected chi connectivity index (χ2v) is 5.39. The fourth-order valence-electron chi connectivity index (χ4n) is 2.07. The molecule has 0 aliphatic heterocycles. The van der Waals surface area contributed by atoms with Crippen molar-refractivity contribution in [2.24, 2.45) is 0 Å². The number of aliphatic hydroxyl groups excluding tert-OH is 1. The van der Waals surface area contributed by atoms with E-state index in [0.29, 0.717) is 6.61 Å². The SMILES string of the molecule is CCc1ccc(C(C)(C)NCCCCCO)cc1. The van der Waals surface area contributed by atoms with Crippen molar-refractivity contribution in [1.82, 2.24) is 5.32 Å². The zero-order valence-electron chi connectivity index (χ0n) is 12.0. The zero-order valence-corrected chi connectivity index (χ0v) is 12.0. The van der Waals surface area contributed by atoms with Crippen LogP contribution in [0.15, 0.2) is 24.3 Å². The lowest BCUT2D eigenvalue weighted by Crippen LogP contribution is -2.37. The maximum atomic E-state index is 8.73. The van der Waals surface area contributed by atoms with Gasteiger partial charge in [0.05, 0.1) is 0 Å². The number of unbranched alkanes of at least 4 members (excludes halogenated alkanes) is 2. The molecule has 0 aliphatic rings. The van der Waals surface area contributed by atoms with E-state index in [9.17, 15) is 0 Å². The first-order valence-electron chi connectivity index (χ1n) is 7.05. The predicted octanol–water partition coefficient (Wildman–Crippen LogP) is 3.24. The van der Waals surface area contributed by atoms with Gasteiger partial charge in [-0.1, -0.05) is 31.2 Å². The molecule has 1 aromatic rings. The number of aliphatic hydroxyl groups is 1. The third-order valence-electron chi connectivity index (χ3n) is 3.49. The molecule has 0 atom stereocenters. The Bertz CT molecular complexity index is 329. The molecule has 2 nitrogen and oxygen atoms in total. The number of hydrogen-bond acceptors (Lipinski definition) is 2. The van der Waals surface area contributed by atoms with Crippen molar-refractivity contribution in [3.8, 4) is 0 Å². The minimum atomic E-state index is 0.0193. The second kappa shape index (κ2) is 7.55. The Labute approximate surface area is 111 Å². The van der Waals surface area contributed by atoms with Gasteiger partial charge in [-0.05, 0) is 57.2 Å². The van der Waals surface area contributed by atoms with Crippen LogP contribution < -0.4 is 5.32 Å². The van der Waals surface area contributed by atoms with Gasteiger partial charge in [-0.2, -0.15) is 0 Å². The van der Waals surface area contributed by atoms with Crippen LogP contribution in [-0.4, -0.2) is 18.3 Å². The molecule has 0 spiro atoms. The molecule has 0 fully saturated rings. The molecule has 0 unspecified atom stereocenters. The highest BCUT2D eigenvalue weighted by atomic mass is 16.2. The fourth-order valence-corrected chi connectivity index (χ4v) is 2.07. The van der Waals surface area contributed by atoms with E-state index in [0.717, 1.165) is 32.2 Å². The summed E-state index contributed by atoms with van der Waals surface area (Å²) in [6.45, 7) is 7.93. The molecule has 18 heavy (non-hydrogen) atoms. The first-order valence-corrected chi connectivity index (χ1v) is 7.05. The maximum absolute atomic E-state index is 8.73. The van der Waals surface area contributed by atoms with Crippen LogP contribution in [0.4, 0.5) is 0 Å². The van der Waals surface area contributed by atoms with Gasteiger partial charge in [-0.25, -0.2) is 0 Å². The summed E-state index contributed by atoms with van der Waals surface area (Å²) in [5.41, 5.74) is 2.74. The molecule has 2 heteroatoms. The Morgan fingerprint density at radius 2 is 1.72 bits per heavy atom. The van der Waals surface area contributed by atoms with Crippen molar-refractivity contribution in [1.29, 1.82) is 0 Å². The average Bonchev–Trinajstić information content (AvgIpc) is 2.38. The van der Waals surface area contributed by atoms with Gasteiger partial charge in [-0.3, -0.25) is 0 Å². The highest BCUT2D eigenvalue weighted by Crippen LogP contribution is 2.20. The monoisotopic (exact) mass is 249 g/mol. The van der Waals surface area contributed by atoms with Gasteiger partial charge in [-0.15, -0.1) is 0 Å². The van der Waals surface area contributed by atoms with Gasteiger partial charge >= 0.3 is 0 Å². The molecule has 2 N–H and O–H groups in total. The molecule has 0 saturated carbocycles. The zero-order chi connectivity index (χ0) is 13.4. The second-order valence-electron chi connectivity index (χ2n) is 5.39. The molecule has 0 amide bonds. The lowest BCUT2D eigenvalue weighted by atomic mass is 9.93. The summed E-state index contributed by atoms with van der Waals surface area (Å²) in [4.78, 5) is 0. The van der Waals surface area contributed by atoms with Crippen LogP contribution in [0.1, 0.15) is 51.2 Å². The van der Waals surface area contributed by atoms with Gasteiger partial charge < -0.3 is 10.4 Å². The standard InChI is InChI=1S/C16H27NO/c1-4-14-8-10-15(11-9-14)16(2,3)17-12-6-5-7-13-18/h8-11,17-18H,4-7,12-13H2,1-3H3. The average molecular weight is 249 g/mol. The first-order chi connectivity index (χ1) is 8.60. The topological polar surface area (TPSA) is 32.3 Å². The van der Waals surface area contributed by atoms with E-state index in [1.165, 1.54) is 11.1 Å². The summed E-state index contributed by atoms with van der Waals surface area (Å²) in [6.07, 6.45) is 4.22. The Morgan fingerprint density at radius 3 is 2.28 bits per heavy atom. The van der Waals surface area contributed by atoms with Crippen molar-refractivity contribution >= 4 is 0 Å². The van der Waals surface area contributed by atoms with E-state index in [2.05, 4.69) is 50.4 Å². The number of nitrogens with one attached hydrogen (secondary N) is 1. The lowest BCUT2D eigenvalue weighted by Gasteiger charge is -2.27. The molecule has 0 radical (unpaired) electrons. The van der Waals surface area contributed by atoms with Crippen LogP contribution >= 0.6 is 0 Å². The van der Waals surface area contributed by atoms with Crippen LogP contribution in [0.3, 0.4) is 0 Å². The van der Waals surface area contributed by atoms with Crippen molar-refractivity contribution in [2.45, 2.75) is 52.0 Å². The smallest absolute Gasteiger partial charge is 0.0431 e. The molecule has 1 rings (SSSR count). The summed E-state index contributed by atoms with van der Waals surface area (Å²) in [6, 6.07) is 8.87. The summed E-state index contributed by atoms with van der Waals surface area (Å²) in [7, 11) is 0. The van der Waals surface area contributed by atoms with E-state index in [1.807, 2.05) is 0 Å². The van der Waals surface area contributed by atoms with Gasteiger partial charge in [0.1, 0.15) is 0 Å². The molecule has 0 saturated heterocycles. The highest BCUT2D eigenvalue weighted by molar-refractivity contribution is 5.27. The van der Waals surface area contributed by atoms with Gasteiger partial charge in [0.25, 0.3) is 0 Å². The molecule has 0 aromatic heterocycles. The van der Waals surface area contributed by atoms with Crippen molar-refractivity contribution in [2.75, 3.05) is 13.2 Å². The van der Waals surface area contributed by atoms with Crippen LogP contribution in [0.5, 0.6) is 0 Å². The predicted molar refractivity (Wildman–Crippen MR) is 77.8 cm³/mol. The van der Waals surface area contributed by atoms with E-state index >= 15 is 0 Å². The molecule has 0 aliphatic carbocycles. The largest absolute Gasteiger partial charge is 0.396 e. The lowest BCUT2D eigenvalue weighted by molar-refractivity contribution is 0.281. The number of aryl methyl sites for hydroxylation is 1. The quantitative estimate of drug-likeness (QED) is 0.693. The van der Waals surface area contributed by atoms with Crippen molar-refractivity contribution in [3.05, 3.63) is 35.4 Å². The van der Waals surface area contributed by atoms with Crippen molar-refractivity contribution < 1.29 is 5.11 Å². The molecule has 0 bridgehead atoms.